The molecule has 0 spiro atoms. The molecule has 0 aliphatic rings. The van der Waals surface area contributed by atoms with E-state index >= 15 is 0 Å². The van der Waals surface area contributed by atoms with Gasteiger partial charge in [0.2, 0.25) is 0 Å². The van der Waals surface area contributed by atoms with Crippen molar-refractivity contribution in [3.63, 3.8) is 0 Å². The smallest absolute Gasteiger partial charge is 0.384 e. The van der Waals surface area contributed by atoms with E-state index < -0.39 is 17.1 Å². The monoisotopic (exact) mass is 172 g/mol. The van der Waals surface area contributed by atoms with E-state index in [2.05, 4.69) is 11.3 Å². The molecule has 5 nitrogen and oxygen atoms in total. The van der Waals surface area contributed by atoms with Crippen LogP contribution < -0.4 is 0 Å². The zero-order valence-electron chi connectivity index (χ0n) is 6.99. The van der Waals surface area contributed by atoms with Crippen molar-refractivity contribution < 1.29 is 14.5 Å². The summed E-state index contributed by atoms with van der Waals surface area (Å²) < 4.78 is 4.40. The minimum absolute atomic E-state index is 0.0754. The Kier molecular flexibility index (Phi) is 3.96. The average Bonchev–Trinajstić information content (AvgIpc) is 1.98. The molecule has 0 aliphatic carbocycles. The van der Waals surface area contributed by atoms with Crippen LogP contribution in [-0.4, -0.2) is 10.9 Å². The third-order valence-corrected chi connectivity index (χ3v) is 1.07. The van der Waals surface area contributed by atoms with E-state index in [-0.39, 0.29) is 12.0 Å². The summed E-state index contributed by atoms with van der Waals surface area (Å²) in [5, 5.41) is 10.2. The lowest BCUT2D eigenvalue weighted by molar-refractivity contribution is -0.505. The first-order valence-electron chi connectivity index (χ1n) is 3.37. The van der Waals surface area contributed by atoms with Gasteiger partial charge >= 0.3 is 12.2 Å². The molecule has 0 N–H and O–H groups in total. The van der Waals surface area contributed by atoms with Gasteiger partial charge < -0.3 is 4.74 Å². The lowest BCUT2D eigenvalue weighted by Crippen LogP contribution is -2.17. The predicted molar refractivity (Wildman–Crippen MR) is 41.4 cm³/mol. The van der Waals surface area contributed by atoms with Crippen LogP contribution in [0.25, 0.3) is 0 Å². The van der Waals surface area contributed by atoms with Crippen LogP contribution in [0.1, 0.15) is 20.3 Å². The second kappa shape index (κ2) is 4.48. The van der Waals surface area contributed by atoms with Crippen LogP contribution in [-0.2, 0) is 9.53 Å². The average molecular weight is 172 g/mol. The van der Waals surface area contributed by atoms with Gasteiger partial charge in [-0.2, -0.15) is 0 Å². The van der Waals surface area contributed by atoms with Crippen LogP contribution in [0.4, 0.5) is 0 Å². The Hall–Kier alpha value is -1.39. The molecule has 67 valence electrons. The number of esters is 1. The standard InChI is InChI=1S/C7H10NO4/c1-4-6(8(10)11)12-7(9)5(2)3/h2,4H2,1,3H3. The van der Waals surface area contributed by atoms with E-state index in [9.17, 15) is 14.9 Å². The van der Waals surface area contributed by atoms with Gasteiger partial charge in [0.15, 0.2) is 0 Å². The maximum absolute atomic E-state index is 10.8. The Bertz CT molecular complexity index is 211. The molecular weight excluding hydrogens is 162 g/mol. The fourth-order valence-electron chi connectivity index (χ4n) is 0.433. The van der Waals surface area contributed by atoms with Gasteiger partial charge in [-0.1, -0.05) is 13.5 Å². The molecule has 0 heterocycles. The second-order valence-corrected chi connectivity index (χ2v) is 2.17. The molecule has 1 radical (unpaired) electrons. The van der Waals surface area contributed by atoms with E-state index in [1.54, 1.807) is 0 Å². The van der Waals surface area contributed by atoms with Crippen molar-refractivity contribution in [3.05, 3.63) is 28.5 Å². The molecule has 0 saturated carbocycles. The highest BCUT2D eigenvalue weighted by Crippen LogP contribution is 2.10. The summed E-state index contributed by atoms with van der Waals surface area (Å²) in [4.78, 5) is 20.2. The number of ether oxygens (including phenoxy) is 1. The minimum Gasteiger partial charge on any atom is -0.384 e. The van der Waals surface area contributed by atoms with Crippen LogP contribution in [0, 0.1) is 16.3 Å². The predicted octanol–water partition coefficient (Wildman–Crippen LogP) is 1.28. The van der Waals surface area contributed by atoms with Crippen molar-refractivity contribution >= 4 is 5.97 Å². The van der Waals surface area contributed by atoms with E-state index in [0.717, 1.165) is 0 Å². The number of nitro groups is 1. The lowest BCUT2D eigenvalue weighted by atomic mass is 10.3. The van der Waals surface area contributed by atoms with Gasteiger partial charge in [0, 0.05) is 5.57 Å². The van der Waals surface area contributed by atoms with Crippen molar-refractivity contribution in [2.24, 2.45) is 0 Å². The van der Waals surface area contributed by atoms with E-state index in [1.807, 2.05) is 0 Å². The van der Waals surface area contributed by atoms with E-state index in [4.69, 9.17) is 0 Å². The van der Waals surface area contributed by atoms with Crippen molar-refractivity contribution in [2.45, 2.75) is 20.3 Å². The second-order valence-electron chi connectivity index (χ2n) is 2.17. The number of rotatable bonds is 4. The van der Waals surface area contributed by atoms with Crippen molar-refractivity contribution in [1.82, 2.24) is 0 Å². The highest BCUT2D eigenvalue weighted by atomic mass is 16.7. The van der Waals surface area contributed by atoms with Gasteiger partial charge in [0.05, 0.1) is 11.3 Å². The summed E-state index contributed by atoms with van der Waals surface area (Å²) in [5.74, 6) is -0.761. The summed E-state index contributed by atoms with van der Waals surface area (Å²) in [5.41, 5.74) is 0.141. The van der Waals surface area contributed by atoms with Gasteiger partial charge in [0.25, 0.3) is 0 Å². The van der Waals surface area contributed by atoms with Crippen LogP contribution in [0.15, 0.2) is 12.2 Å². The van der Waals surface area contributed by atoms with Crippen LogP contribution in [0.3, 0.4) is 0 Å². The van der Waals surface area contributed by atoms with Crippen molar-refractivity contribution in [3.8, 4) is 0 Å². The van der Waals surface area contributed by atoms with Gasteiger partial charge in [-0.05, 0) is 6.92 Å². The van der Waals surface area contributed by atoms with E-state index in [1.165, 1.54) is 13.8 Å². The maximum Gasteiger partial charge on any atom is 0.473 e. The molecule has 0 aromatic rings. The van der Waals surface area contributed by atoms with E-state index in [0.29, 0.717) is 0 Å². The Labute approximate surface area is 70.2 Å². The summed E-state index contributed by atoms with van der Waals surface area (Å²) in [6.07, 6.45) is -0.380. The first kappa shape index (κ1) is 10.6. The highest BCUT2D eigenvalue weighted by molar-refractivity contribution is 5.87. The minimum atomic E-state index is -0.761. The Morgan fingerprint density at radius 2 is 2.17 bits per heavy atom. The molecular formula is C7H10NO4. The fraction of sp³-hybridized carbons (Fsp3) is 0.429. The van der Waals surface area contributed by atoms with Gasteiger partial charge in [-0.15, -0.1) is 0 Å². The number of hydrogen-bond donors (Lipinski definition) is 0. The molecule has 0 bridgehead atoms. The fourth-order valence-corrected chi connectivity index (χ4v) is 0.433. The van der Waals surface area contributed by atoms with Gasteiger partial charge in [0.1, 0.15) is 0 Å². The van der Waals surface area contributed by atoms with Gasteiger partial charge in [-0.3, -0.25) is 10.1 Å². The van der Waals surface area contributed by atoms with Crippen molar-refractivity contribution in [2.75, 3.05) is 0 Å². The van der Waals surface area contributed by atoms with Crippen molar-refractivity contribution in [1.29, 1.82) is 0 Å². The van der Waals surface area contributed by atoms with Gasteiger partial charge in [-0.25, -0.2) is 4.79 Å². The first-order valence-corrected chi connectivity index (χ1v) is 3.37. The molecule has 12 heavy (non-hydrogen) atoms. The van der Waals surface area contributed by atoms with Crippen LogP contribution >= 0.6 is 0 Å². The number of carbonyl (C=O) groups excluding carboxylic acids is 1. The molecule has 0 rings (SSSR count). The topological polar surface area (TPSA) is 69.4 Å². The molecule has 0 unspecified atom stereocenters. The molecule has 0 saturated heterocycles. The van der Waals surface area contributed by atoms with Crippen LogP contribution in [0.2, 0.25) is 0 Å². The summed E-state index contributed by atoms with van der Waals surface area (Å²) in [6.45, 7) is 6.25. The molecule has 5 heteroatoms. The largest absolute Gasteiger partial charge is 0.473 e. The molecule has 0 fully saturated rings. The molecule has 0 aromatic heterocycles. The zero-order valence-corrected chi connectivity index (χ0v) is 6.99. The Morgan fingerprint density at radius 3 is 2.42 bits per heavy atom. The molecule has 0 atom stereocenters. The molecule has 0 aliphatic heterocycles. The number of nitrogens with zero attached hydrogens (tertiary/aromatic N) is 1. The lowest BCUT2D eigenvalue weighted by Gasteiger charge is -2.04. The SMILES string of the molecule is C=C(C)C(=O)O[C](CC)[N+](=O)[O-]. The Morgan fingerprint density at radius 1 is 1.67 bits per heavy atom. The number of hydrogen-bond acceptors (Lipinski definition) is 4. The summed E-state index contributed by atoms with van der Waals surface area (Å²) >= 11 is 0. The molecule has 0 aromatic carbocycles. The molecule has 0 amide bonds. The highest BCUT2D eigenvalue weighted by Gasteiger charge is 2.26. The Balaban J connectivity index is 4.12. The quantitative estimate of drug-likeness (QED) is 0.277. The normalized spacial score (nSPS) is 9.58. The zero-order chi connectivity index (χ0) is 9.72. The first-order chi connectivity index (χ1) is 5.49. The third kappa shape index (κ3) is 3.14. The number of carbonyl (C=O) groups is 1. The third-order valence-electron chi connectivity index (χ3n) is 1.07. The van der Waals surface area contributed by atoms with Crippen LogP contribution in [0.5, 0.6) is 0 Å². The maximum atomic E-state index is 10.8. The summed E-state index contributed by atoms with van der Waals surface area (Å²) in [7, 11) is 0. The summed E-state index contributed by atoms with van der Waals surface area (Å²) in [6, 6.07) is 0.